The maximum atomic E-state index is 4.56. The number of nitrogens with zero attached hydrogens (tertiary/aromatic N) is 1. The number of guanidine groups is 1. The first-order valence-electron chi connectivity index (χ1n) is 5.82. The monoisotopic (exact) mass is 367 g/mol. The van der Waals surface area contributed by atoms with E-state index in [-0.39, 0.29) is 24.0 Å². The molecule has 0 bridgehead atoms. The van der Waals surface area contributed by atoms with Crippen LogP contribution in [0.4, 0.5) is 0 Å². The molecule has 1 unspecified atom stereocenters. The molecule has 0 aliphatic heterocycles. The summed E-state index contributed by atoms with van der Waals surface area (Å²) in [6, 6.07) is 2.17. The lowest BCUT2D eigenvalue weighted by atomic mass is 10.1. The van der Waals surface area contributed by atoms with Crippen molar-refractivity contribution in [3.05, 3.63) is 22.4 Å². The summed E-state index contributed by atoms with van der Waals surface area (Å²) < 4.78 is 0. The van der Waals surface area contributed by atoms with Gasteiger partial charge in [0.15, 0.2) is 5.96 Å². The minimum Gasteiger partial charge on any atom is -0.357 e. The zero-order valence-corrected chi connectivity index (χ0v) is 13.8. The van der Waals surface area contributed by atoms with Crippen molar-refractivity contribution in [1.29, 1.82) is 0 Å². The molecule has 0 amide bonds. The number of halogens is 1. The van der Waals surface area contributed by atoms with Gasteiger partial charge in [-0.1, -0.05) is 6.92 Å². The van der Waals surface area contributed by atoms with Crippen molar-refractivity contribution in [2.24, 2.45) is 4.99 Å². The van der Waals surface area contributed by atoms with Gasteiger partial charge in [-0.25, -0.2) is 0 Å². The summed E-state index contributed by atoms with van der Waals surface area (Å²) in [5.74, 6) is 1.39. The van der Waals surface area contributed by atoms with Crippen molar-refractivity contribution in [3.63, 3.8) is 0 Å². The Hall–Kier alpha value is -0.300. The maximum absolute atomic E-state index is 4.56. The number of hydrogen-bond donors (Lipinski definition) is 2. The molecule has 0 aliphatic rings. The van der Waals surface area contributed by atoms with Gasteiger partial charge >= 0.3 is 0 Å². The third kappa shape index (κ3) is 6.26. The lowest BCUT2D eigenvalue weighted by Gasteiger charge is -2.11. The molecule has 0 saturated heterocycles. The van der Waals surface area contributed by atoms with Crippen molar-refractivity contribution in [3.8, 4) is 0 Å². The zero-order chi connectivity index (χ0) is 11.8. The highest BCUT2D eigenvalue weighted by Crippen LogP contribution is 2.18. The molecule has 0 aromatic carbocycles. The number of nitrogens with one attached hydrogen (secondary N) is 2. The Bertz CT molecular complexity index is 304. The Labute approximate surface area is 125 Å². The molecule has 0 saturated carbocycles. The second-order valence-electron chi connectivity index (χ2n) is 3.71. The molecular formula is C12H22IN3S. The van der Waals surface area contributed by atoms with Crippen LogP contribution in [-0.2, 0) is 0 Å². The largest absolute Gasteiger partial charge is 0.357 e. The van der Waals surface area contributed by atoms with Crippen LogP contribution in [0.15, 0.2) is 21.8 Å². The fourth-order valence-corrected chi connectivity index (χ4v) is 2.18. The van der Waals surface area contributed by atoms with Gasteiger partial charge in [-0.15, -0.1) is 24.0 Å². The Balaban J connectivity index is 0.00000256. The Morgan fingerprint density at radius 3 is 2.47 bits per heavy atom. The van der Waals surface area contributed by atoms with E-state index in [2.05, 4.69) is 53.2 Å². The molecule has 5 heteroatoms. The summed E-state index contributed by atoms with van der Waals surface area (Å²) in [5.41, 5.74) is 1.38. The third-order valence-electron chi connectivity index (χ3n) is 2.32. The van der Waals surface area contributed by atoms with Gasteiger partial charge in [0.25, 0.3) is 0 Å². The topological polar surface area (TPSA) is 36.4 Å². The van der Waals surface area contributed by atoms with Gasteiger partial charge in [-0.3, -0.25) is 4.99 Å². The fourth-order valence-electron chi connectivity index (χ4n) is 1.40. The SMILES string of the molecule is CCNC(=NCC(C)c1ccsc1)NCC.I. The normalized spacial score (nSPS) is 11.2. The molecular weight excluding hydrogens is 345 g/mol. The minimum atomic E-state index is 0. The van der Waals surface area contributed by atoms with Crippen LogP contribution < -0.4 is 10.6 Å². The van der Waals surface area contributed by atoms with Gasteiger partial charge in [0.1, 0.15) is 0 Å². The van der Waals surface area contributed by atoms with Crippen LogP contribution in [-0.4, -0.2) is 25.6 Å². The van der Waals surface area contributed by atoms with Gasteiger partial charge in [0.2, 0.25) is 0 Å². The first-order valence-corrected chi connectivity index (χ1v) is 6.76. The standard InChI is InChI=1S/C12H21N3S.HI/c1-4-13-12(14-5-2)15-8-10(3)11-6-7-16-9-11;/h6-7,9-10H,4-5,8H2,1-3H3,(H2,13,14,15);1H. The van der Waals surface area contributed by atoms with E-state index in [1.165, 1.54) is 5.56 Å². The number of rotatable bonds is 5. The third-order valence-corrected chi connectivity index (χ3v) is 3.03. The minimum absolute atomic E-state index is 0. The second-order valence-corrected chi connectivity index (χ2v) is 4.49. The van der Waals surface area contributed by atoms with Gasteiger partial charge in [0, 0.05) is 25.6 Å². The highest BCUT2D eigenvalue weighted by molar-refractivity contribution is 14.0. The van der Waals surface area contributed by atoms with Gasteiger partial charge in [0.05, 0.1) is 0 Å². The summed E-state index contributed by atoms with van der Waals surface area (Å²) in [5, 5.41) is 10.8. The molecule has 0 radical (unpaired) electrons. The van der Waals surface area contributed by atoms with Crippen LogP contribution in [0.3, 0.4) is 0 Å². The van der Waals surface area contributed by atoms with Gasteiger partial charge < -0.3 is 10.6 Å². The summed E-state index contributed by atoms with van der Waals surface area (Å²) in [6.07, 6.45) is 0. The lowest BCUT2D eigenvalue weighted by Crippen LogP contribution is -2.37. The van der Waals surface area contributed by atoms with Crippen LogP contribution >= 0.6 is 35.3 Å². The van der Waals surface area contributed by atoms with Crippen molar-refractivity contribution in [2.75, 3.05) is 19.6 Å². The highest BCUT2D eigenvalue weighted by Gasteiger charge is 2.05. The van der Waals surface area contributed by atoms with Crippen molar-refractivity contribution in [2.45, 2.75) is 26.7 Å². The van der Waals surface area contributed by atoms with Gasteiger partial charge in [-0.05, 0) is 36.2 Å². The highest BCUT2D eigenvalue weighted by atomic mass is 127. The van der Waals surface area contributed by atoms with E-state index in [4.69, 9.17) is 0 Å². The number of aliphatic imine (C=N–C) groups is 1. The maximum Gasteiger partial charge on any atom is 0.191 e. The van der Waals surface area contributed by atoms with Crippen molar-refractivity contribution < 1.29 is 0 Å². The molecule has 0 fully saturated rings. The van der Waals surface area contributed by atoms with Crippen LogP contribution in [0.2, 0.25) is 0 Å². The number of thiophene rings is 1. The summed E-state index contributed by atoms with van der Waals surface area (Å²) in [4.78, 5) is 4.56. The molecule has 1 aromatic rings. The molecule has 1 atom stereocenters. The zero-order valence-electron chi connectivity index (χ0n) is 10.7. The van der Waals surface area contributed by atoms with Gasteiger partial charge in [-0.2, -0.15) is 11.3 Å². The van der Waals surface area contributed by atoms with E-state index in [0.717, 1.165) is 25.6 Å². The lowest BCUT2D eigenvalue weighted by molar-refractivity contribution is 0.756. The molecule has 1 aromatic heterocycles. The average molecular weight is 367 g/mol. The van der Waals surface area contributed by atoms with E-state index < -0.39 is 0 Å². The van der Waals surface area contributed by atoms with E-state index in [1.54, 1.807) is 11.3 Å². The van der Waals surface area contributed by atoms with Crippen LogP contribution in [0.25, 0.3) is 0 Å². The van der Waals surface area contributed by atoms with Crippen molar-refractivity contribution in [1.82, 2.24) is 10.6 Å². The van der Waals surface area contributed by atoms with Crippen LogP contribution in [0, 0.1) is 0 Å². The molecule has 3 nitrogen and oxygen atoms in total. The Morgan fingerprint density at radius 2 is 2.00 bits per heavy atom. The van der Waals surface area contributed by atoms with Crippen LogP contribution in [0.5, 0.6) is 0 Å². The summed E-state index contributed by atoms with van der Waals surface area (Å²) in [6.45, 7) is 8.99. The van der Waals surface area contributed by atoms with E-state index in [1.807, 2.05) is 0 Å². The van der Waals surface area contributed by atoms with E-state index in [0.29, 0.717) is 5.92 Å². The average Bonchev–Trinajstić information content (AvgIpc) is 2.79. The first-order chi connectivity index (χ1) is 7.77. The predicted octanol–water partition coefficient (Wildman–Crippen LogP) is 3.04. The molecule has 17 heavy (non-hydrogen) atoms. The Morgan fingerprint density at radius 1 is 1.35 bits per heavy atom. The van der Waals surface area contributed by atoms with Crippen LogP contribution in [0.1, 0.15) is 32.3 Å². The summed E-state index contributed by atoms with van der Waals surface area (Å²) >= 11 is 1.74. The molecule has 2 N–H and O–H groups in total. The summed E-state index contributed by atoms with van der Waals surface area (Å²) in [7, 11) is 0. The molecule has 98 valence electrons. The first kappa shape index (κ1) is 16.7. The van der Waals surface area contributed by atoms with Crippen molar-refractivity contribution >= 4 is 41.3 Å². The smallest absolute Gasteiger partial charge is 0.191 e. The quantitative estimate of drug-likeness (QED) is 0.477. The molecule has 1 rings (SSSR count). The second kappa shape index (κ2) is 9.70. The Kier molecular flexibility index (Phi) is 9.53. The molecule has 1 heterocycles. The number of hydrogen-bond acceptors (Lipinski definition) is 2. The van der Waals surface area contributed by atoms with E-state index in [9.17, 15) is 0 Å². The predicted molar refractivity (Wildman–Crippen MR) is 87.8 cm³/mol. The van der Waals surface area contributed by atoms with E-state index >= 15 is 0 Å². The fraction of sp³-hybridized carbons (Fsp3) is 0.583. The molecule has 0 spiro atoms. The molecule has 0 aliphatic carbocycles.